The molecule has 0 N–H and O–H groups in total. The van der Waals surface area contributed by atoms with Gasteiger partial charge in [0.1, 0.15) is 6.54 Å². The number of likely N-dealkylation sites (N-methyl/N-ethyl adjacent to an activating group) is 1. The smallest absolute Gasteiger partial charge is 0.244 e. The first-order valence-corrected chi connectivity index (χ1v) is 8.32. The van der Waals surface area contributed by atoms with Crippen LogP contribution in [0.2, 0.25) is 5.02 Å². The van der Waals surface area contributed by atoms with Crippen LogP contribution in [0.3, 0.4) is 0 Å². The first-order valence-electron chi connectivity index (χ1n) is 7.95. The van der Waals surface area contributed by atoms with E-state index in [0.717, 1.165) is 37.3 Å². The molecule has 0 spiro atoms. The van der Waals surface area contributed by atoms with Gasteiger partial charge in [-0.2, -0.15) is 5.10 Å². The number of piperidine rings is 1. The largest absolute Gasteiger partial charge is 0.341 e. The fourth-order valence-corrected chi connectivity index (χ4v) is 3.26. The van der Waals surface area contributed by atoms with Crippen molar-refractivity contribution in [2.75, 3.05) is 27.2 Å². The number of halogens is 1. The quantitative estimate of drug-likeness (QED) is 0.853. The molecule has 0 saturated carbocycles. The van der Waals surface area contributed by atoms with E-state index in [1.165, 1.54) is 0 Å². The van der Waals surface area contributed by atoms with E-state index in [1.54, 1.807) is 4.68 Å². The maximum Gasteiger partial charge on any atom is 0.244 e. The van der Waals surface area contributed by atoms with Gasteiger partial charge in [-0.25, -0.2) is 0 Å². The lowest BCUT2D eigenvalue weighted by Crippen LogP contribution is -2.45. The van der Waals surface area contributed by atoms with Crippen molar-refractivity contribution in [2.24, 2.45) is 5.92 Å². The zero-order valence-corrected chi connectivity index (χ0v) is 15.0. The summed E-state index contributed by atoms with van der Waals surface area (Å²) in [6.07, 6.45) is 2.31. The molecule has 1 aromatic heterocycles. The second-order valence-corrected chi connectivity index (χ2v) is 6.91. The second-order valence-electron chi connectivity index (χ2n) is 6.53. The maximum absolute atomic E-state index is 12.5. The molecule has 2 heterocycles. The van der Waals surface area contributed by atoms with Gasteiger partial charge < -0.3 is 9.80 Å². The Labute approximate surface area is 138 Å². The molecular formula is C16H27ClN4O. The SMILES string of the molecule is Cc1nn(CC(=O)N(C)[C@@H](C)C2CCN(C)CC2)c(C)c1Cl. The Bertz CT molecular complexity index is 534. The standard InChI is InChI=1S/C16H27ClN4O/c1-11-16(17)13(3)21(18-11)10-15(22)20(5)12(2)14-6-8-19(4)9-7-14/h12,14H,6-10H2,1-5H3/t12-/m0/s1. The number of aryl methyl sites for hydroxylation is 1. The summed E-state index contributed by atoms with van der Waals surface area (Å²) in [6, 6.07) is 0.258. The molecule has 6 heteroatoms. The lowest BCUT2D eigenvalue weighted by atomic mass is 9.90. The highest BCUT2D eigenvalue weighted by Gasteiger charge is 2.27. The van der Waals surface area contributed by atoms with Crippen molar-refractivity contribution in [3.8, 4) is 0 Å². The molecule has 0 unspecified atom stereocenters. The molecule has 1 aliphatic heterocycles. The highest BCUT2D eigenvalue weighted by atomic mass is 35.5. The Morgan fingerprint density at radius 3 is 2.50 bits per heavy atom. The molecule has 1 atom stereocenters. The molecular weight excluding hydrogens is 300 g/mol. The van der Waals surface area contributed by atoms with Crippen LogP contribution in [0, 0.1) is 19.8 Å². The van der Waals surface area contributed by atoms with E-state index in [0.29, 0.717) is 10.9 Å². The summed E-state index contributed by atoms with van der Waals surface area (Å²) in [5, 5.41) is 5.00. The molecule has 0 bridgehead atoms. The zero-order valence-electron chi connectivity index (χ0n) is 14.3. The molecule has 1 saturated heterocycles. The van der Waals surface area contributed by atoms with Gasteiger partial charge in [0.15, 0.2) is 0 Å². The third kappa shape index (κ3) is 3.63. The Balaban J connectivity index is 1.98. The van der Waals surface area contributed by atoms with E-state index < -0.39 is 0 Å². The summed E-state index contributed by atoms with van der Waals surface area (Å²) in [5.74, 6) is 0.669. The Hall–Kier alpha value is -1.07. The van der Waals surface area contributed by atoms with Gasteiger partial charge in [-0.1, -0.05) is 11.6 Å². The van der Waals surface area contributed by atoms with E-state index in [1.807, 2.05) is 25.8 Å². The molecule has 5 nitrogen and oxygen atoms in total. The highest BCUT2D eigenvalue weighted by Crippen LogP contribution is 2.23. The third-order valence-corrected chi connectivity index (χ3v) is 5.57. The highest BCUT2D eigenvalue weighted by molar-refractivity contribution is 6.31. The number of aromatic nitrogens is 2. The Kier molecular flexibility index (Phi) is 5.50. The summed E-state index contributed by atoms with van der Waals surface area (Å²) in [6.45, 7) is 8.40. The number of likely N-dealkylation sites (tertiary alicyclic amines) is 1. The van der Waals surface area contributed by atoms with Crippen LogP contribution >= 0.6 is 11.6 Å². The van der Waals surface area contributed by atoms with Crippen LogP contribution in [0.5, 0.6) is 0 Å². The van der Waals surface area contributed by atoms with E-state index in [9.17, 15) is 4.79 Å². The monoisotopic (exact) mass is 326 g/mol. The molecule has 1 aromatic rings. The third-order valence-electron chi connectivity index (χ3n) is 5.03. The molecule has 1 amide bonds. The fourth-order valence-electron chi connectivity index (χ4n) is 3.12. The zero-order chi connectivity index (χ0) is 16.4. The lowest BCUT2D eigenvalue weighted by Gasteiger charge is -2.37. The number of hydrogen-bond acceptors (Lipinski definition) is 3. The van der Waals surface area contributed by atoms with Crippen LogP contribution in [0.25, 0.3) is 0 Å². The van der Waals surface area contributed by atoms with Crippen molar-refractivity contribution < 1.29 is 4.79 Å². The summed E-state index contributed by atoms with van der Waals surface area (Å²) < 4.78 is 1.71. The topological polar surface area (TPSA) is 41.4 Å². The van der Waals surface area contributed by atoms with E-state index >= 15 is 0 Å². The molecule has 22 heavy (non-hydrogen) atoms. The van der Waals surface area contributed by atoms with Crippen LogP contribution in [-0.4, -0.2) is 58.7 Å². The maximum atomic E-state index is 12.5. The summed E-state index contributed by atoms with van der Waals surface area (Å²) in [7, 11) is 4.06. The minimum absolute atomic E-state index is 0.0914. The Morgan fingerprint density at radius 1 is 1.41 bits per heavy atom. The van der Waals surface area contributed by atoms with Crippen molar-refractivity contribution in [1.82, 2.24) is 19.6 Å². The van der Waals surface area contributed by atoms with Crippen molar-refractivity contribution in [3.05, 3.63) is 16.4 Å². The van der Waals surface area contributed by atoms with Gasteiger partial charge in [-0.3, -0.25) is 9.48 Å². The minimum Gasteiger partial charge on any atom is -0.341 e. The molecule has 2 rings (SSSR count). The molecule has 0 radical (unpaired) electrons. The summed E-state index contributed by atoms with van der Waals surface area (Å²) in [5.41, 5.74) is 1.63. The van der Waals surface area contributed by atoms with Crippen LogP contribution in [0.4, 0.5) is 0 Å². The molecule has 1 fully saturated rings. The number of rotatable bonds is 4. The van der Waals surface area contributed by atoms with Gasteiger partial charge in [0.25, 0.3) is 0 Å². The van der Waals surface area contributed by atoms with Gasteiger partial charge in [0.2, 0.25) is 5.91 Å². The lowest BCUT2D eigenvalue weighted by molar-refractivity contribution is -0.133. The Morgan fingerprint density at radius 2 is 2.00 bits per heavy atom. The first kappa shape index (κ1) is 17.3. The number of nitrogens with zero attached hydrogens (tertiary/aromatic N) is 4. The number of carbonyl (C=O) groups excluding carboxylic acids is 1. The van der Waals surface area contributed by atoms with Crippen molar-refractivity contribution in [2.45, 2.75) is 46.2 Å². The van der Waals surface area contributed by atoms with E-state index in [4.69, 9.17) is 11.6 Å². The molecule has 0 aliphatic carbocycles. The molecule has 1 aliphatic rings. The van der Waals surface area contributed by atoms with Crippen LogP contribution in [-0.2, 0) is 11.3 Å². The summed E-state index contributed by atoms with van der Waals surface area (Å²) in [4.78, 5) is 16.8. The second kappa shape index (κ2) is 7.01. The summed E-state index contributed by atoms with van der Waals surface area (Å²) >= 11 is 6.15. The van der Waals surface area contributed by atoms with E-state index in [-0.39, 0.29) is 18.5 Å². The minimum atomic E-state index is 0.0914. The number of hydrogen-bond donors (Lipinski definition) is 0. The molecule has 0 aromatic carbocycles. The van der Waals surface area contributed by atoms with Crippen LogP contribution in [0.15, 0.2) is 0 Å². The van der Waals surface area contributed by atoms with Crippen LogP contribution in [0.1, 0.15) is 31.2 Å². The predicted molar refractivity (Wildman–Crippen MR) is 89.2 cm³/mol. The van der Waals surface area contributed by atoms with Gasteiger partial charge in [-0.05, 0) is 59.7 Å². The first-order chi connectivity index (χ1) is 10.3. The normalized spacial score (nSPS) is 18.5. The number of carbonyl (C=O) groups is 1. The van der Waals surface area contributed by atoms with Crippen molar-refractivity contribution in [1.29, 1.82) is 0 Å². The van der Waals surface area contributed by atoms with Crippen molar-refractivity contribution >= 4 is 17.5 Å². The van der Waals surface area contributed by atoms with E-state index in [2.05, 4.69) is 24.0 Å². The van der Waals surface area contributed by atoms with Gasteiger partial charge in [-0.15, -0.1) is 0 Å². The average molecular weight is 327 g/mol. The van der Waals surface area contributed by atoms with Crippen LogP contribution < -0.4 is 0 Å². The fraction of sp³-hybridized carbons (Fsp3) is 0.750. The van der Waals surface area contributed by atoms with Gasteiger partial charge in [0, 0.05) is 13.1 Å². The van der Waals surface area contributed by atoms with Crippen molar-refractivity contribution in [3.63, 3.8) is 0 Å². The average Bonchev–Trinajstić information content (AvgIpc) is 2.73. The molecule has 124 valence electrons. The van der Waals surface area contributed by atoms with Gasteiger partial charge in [0.05, 0.1) is 16.4 Å². The van der Waals surface area contributed by atoms with Gasteiger partial charge >= 0.3 is 0 Å². The number of amides is 1. The predicted octanol–water partition coefficient (Wildman–Crippen LogP) is 2.34.